The molecule has 0 saturated carbocycles. The van der Waals surface area contributed by atoms with Gasteiger partial charge < -0.3 is 15.5 Å². The fourth-order valence-electron chi connectivity index (χ4n) is 3.32. The summed E-state index contributed by atoms with van der Waals surface area (Å²) in [6, 6.07) is -0.168. The maximum Gasteiger partial charge on any atom is 0.237 e. The van der Waals surface area contributed by atoms with E-state index in [1.54, 1.807) is 0 Å². The summed E-state index contributed by atoms with van der Waals surface area (Å²) in [6.45, 7) is 6.56. The highest BCUT2D eigenvalue weighted by Crippen LogP contribution is 2.16. The van der Waals surface area contributed by atoms with Crippen LogP contribution in [0.2, 0.25) is 0 Å². The van der Waals surface area contributed by atoms with Crippen molar-refractivity contribution in [2.45, 2.75) is 51.6 Å². The predicted octanol–water partition coefficient (Wildman–Crippen LogP) is -0.0400. The number of likely N-dealkylation sites (N-methyl/N-ethyl adjacent to an activating group) is 1. The van der Waals surface area contributed by atoms with E-state index >= 15 is 0 Å². The van der Waals surface area contributed by atoms with Crippen molar-refractivity contribution in [3.8, 4) is 0 Å². The fourth-order valence-corrected chi connectivity index (χ4v) is 3.32. The summed E-state index contributed by atoms with van der Waals surface area (Å²) in [6.07, 6.45) is 3.02. The molecule has 2 rings (SSSR count). The van der Waals surface area contributed by atoms with Crippen LogP contribution >= 0.6 is 0 Å². The maximum absolute atomic E-state index is 12.3. The zero-order chi connectivity index (χ0) is 17.7. The van der Waals surface area contributed by atoms with Crippen LogP contribution in [-0.2, 0) is 14.4 Å². The van der Waals surface area contributed by atoms with Crippen LogP contribution in [0.15, 0.2) is 0 Å². The highest BCUT2D eigenvalue weighted by atomic mass is 16.2. The molecule has 2 aliphatic rings. The van der Waals surface area contributed by atoms with E-state index in [1.807, 2.05) is 30.7 Å². The highest BCUT2D eigenvalue weighted by Gasteiger charge is 2.35. The third kappa shape index (κ3) is 4.93. The van der Waals surface area contributed by atoms with E-state index in [0.717, 1.165) is 19.4 Å². The molecule has 3 amide bonds. The number of amides is 3. The fraction of sp³-hybridized carbons (Fsp3) is 0.824. The lowest BCUT2D eigenvalue weighted by atomic mass is 10.1. The van der Waals surface area contributed by atoms with Gasteiger partial charge in [0.1, 0.15) is 0 Å². The van der Waals surface area contributed by atoms with Gasteiger partial charge in [0.2, 0.25) is 17.7 Å². The van der Waals surface area contributed by atoms with Crippen LogP contribution in [0.25, 0.3) is 0 Å². The minimum atomic E-state index is -0.198. The molecule has 24 heavy (non-hydrogen) atoms. The minimum Gasteiger partial charge on any atom is -0.355 e. The van der Waals surface area contributed by atoms with E-state index in [1.165, 1.54) is 0 Å². The predicted molar refractivity (Wildman–Crippen MR) is 91.2 cm³/mol. The Morgan fingerprint density at radius 1 is 1.33 bits per heavy atom. The van der Waals surface area contributed by atoms with Crippen LogP contribution < -0.4 is 10.6 Å². The van der Waals surface area contributed by atoms with Crippen molar-refractivity contribution in [3.05, 3.63) is 0 Å². The number of hydrogen-bond acceptors (Lipinski definition) is 4. The summed E-state index contributed by atoms with van der Waals surface area (Å²) in [4.78, 5) is 39.5. The molecule has 2 fully saturated rings. The van der Waals surface area contributed by atoms with E-state index in [0.29, 0.717) is 32.5 Å². The lowest BCUT2D eigenvalue weighted by Crippen LogP contribution is -2.42. The van der Waals surface area contributed by atoms with Gasteiger partial charge in [-0.15, -0.1) is 0 Å². The van der Waals surface area contributed by atoms with E-state index in [9.17, 15) is 14.4 Å². The van der Waals surface area contributed by atoms with Crippen molar-refractivity contribution >= 4 is 17.7 Å². The SMILES string of the molecule is CC(C)C(=O)N[C@H]1C[C@@H](C(=O)NCCCN2CCCC2=O)N(C)C1. The molecule has 2 N–H and O–H groups in total. The first-order valence-corrected chi connectivity index (χ1v) is 8.94. The molecular formula is C17H30N4O3. The summed E-state index contributed by atoms with van der Waals surface area (Å²) in [5.41, 5.74) is 0. The Kier molecular flexibility index (Phi) is 6.60. The summed E-state index contributed by atoms with van der Waals surface area (Å²) < 4.78 is 0. The Hall–Kier alpha value is -1.63. The molecule has 2 aliphatic heterocycles. The second kappa shape index (κ2) is 8.46. The zero-order valence-corrected chi connectivity index (χ0v) is 15.0. The zero-order valence-electron chi connectivity index (χ0n) is 15.0. The Morgan fingerprint density at radius 2 is 2.08 bits per heavy atom. The number of nitrogens with one attached hydrogen (secondary N) is 2. The van der Waals surface area contributed by atoms with Gasteiger partial charge in [0.05, 0.1) is 6.04 Å². The normalized spacial score (nSPS) is 24.7. The number of carbonyl (C=O) groups excluding carboxylic acids is 3. The molecule has 136 valence electrons. The molecule has 2 saturated heterocycles. The molecule has 0 aromatic rings. The van der Waals surface area contributed by atoms with Crippen molar-refractivity contribution in [2.75, 3.05) is 33.2 Å². The van der Waals surface area contributed by atoms with E-state index in [2.05, 4.69) is 10.6 Å². The van der Waals surface area contributed by atoms with Crippen LogP contribution in [0.3, 0.4) is 0 Å². The summed E-state index contributed by atoms with van der Waals surface area (Å²) in [5, 5.41) is 5.96. The standard InChI is InChI=1S/C17H30N4O3/c1-12(2)16(23)19-13-10-14(20(3)11-13)17(24)18-7-5-9-21-8-4-6-15(21)22/h12-14H,4-11H2,1-3H3,(H,18,24)(H,19,23)/t13-,14-/m0/s1. The van der Waals surface area contributed by atoms with Gasteiger partial charge in [-0.2, -0.15) is 0 Å². The van der Waals surface area contributed by atoms with Gasteiger partial charge in [-0.3, -0.25) is 19.3 Å². The number of carbonyl (C=O) groups is 3. The van der Waals surface area contributed by atoms with Gasteiger partial charge in [-0.1, -0.05) is 13.8 Å². The maximum atomic E-state index is 12.3. The van der Waals surface area contributed by atoms with E-state index in [-0.39, 0.29) is 35.7 Å². The molecule has 0 spiro atoms. The van der Waals surface area contributed by atoms with Crippen molar-refractivity contribution in [2.24, 2.45) is 5.92 Å². The molecule has 7 nitrogen and oxygen atoms in total. The van der Waals surface area contributed by atoms with Crippen molar-refractivity contribution in [3.63, 3.8) is 0 Å². The second-order valence-corrected chi connectivity index (χ2v) is 7.18. The van der Waals surface area contributed by atoms with Crippen molar-refractivity contribution in [1.82, 2.24) is 20.4 Å². The average molecular weight is 338 g/mol. The van der Waals surface area contributed by atoms with Gasteiger partial charge in [-0.25, -0.2) is 0 Å². The molecule has 7 heteroatoms. The number of rotatable bonds is 7. The first-order chi connectivity index (χ1) is 11.4. The summed E-state index contributed by atoms with van der Waals surface area (Å²) in [5.74, 6) is 0.216. The average Bonchev–Trinajstić information content (AvgIpc) is 3.09. The minimum absolute atomic E-state index is 0.00606. The Balaban J connectivity index is 1.68. The second-order valence-electron chi connectivity index (χ2n) is 7.18. The van der Waals surface area contributed by atoms with Crippen LogP contribution in [0, 0.1) is 5.92 Å². The summed E-state index contributed by atoms with van der Waals surface area (Å²) >= 11 is 0. The van der Waals surface area contributed by atoms with Gasteiger partial charge in [0, 0.05) is 44.6 Å². The highest BCUT2D eigenvalue weighted by molar-refractivity contribution is 5.83. The van der Waals surface area contributed by atoms with Crippen LogP contribution in [0.5, 0.6) is 0 Å². The molecule has 0 aromatic heterocycles. The number of nitrogens with zero attached hydrogens (tertiary/aromatic N) is 2. The quantitative estimate of drug-likeness (QED) is 0.638. The Labute approximate surface area is 144 Å². The van der Waals surface area contributed by atoms with E-state index in [4.69, 9.17) is 0 Å². The summed E-state index contributed by atoms with van der Waals surface area (Å²) in [7, 11) is 1.91. The van der Waals surface area contributed by atoms with Gasteiger partial charge in [-0.05, 0) is 26.3 Å². The molecule has 2 atom stereocenters. The van der Waals surface area contributed by atoms with Gasteiger partial charge >= 0.3 is 0 Å². The smallest absolute Gasteiger partial charge is 0.237 e. The van der Waals surface area contributed by atoms with Crippen LogP contribution in [0.4, 0.5) is 0 Å². The molecule has 2 heterocycles. The van der Waals surface area contributed by atoms with Gasteiger partial charge in [0.15, 0.2) is 0 Å². The van der Waals surface area contributed by atoms with Crippen LogP contribution in [0.1, 0.15) is 39.5 Å². The molecular weight excluding hydrogens is 308 g/mol. The Morgan fingerprint density at radius 3 is 2.71 bits per heavy atom. The van der Waals surface area contributed by atoms with E-state index < -0.39 is 0 Å². The number of hydrogen-bond donors (Lipinski definition) is 2. The third-order valence-electron chi connectivity index (χ3n) is 4.80. The van der Waals surface area contributed by atoms with Crippen LogP contribution in [-0.4, -0.2) is 72.8 Å². The molecule has 0 radical (unpaired) electrons. The third-order valence-corrected chi connectivity index (χ3v) is 4.80. The van der Waals surface area contributed by atoms with Crippen molar-refractivity contribution < 1.29 is 14.4 Å². The first-order valence-electron chi connectivity index (χ1n) is 8.94. The molecule has 0 aromatic carbocycles. The lowest BCUT2D eigenvalue weighted by molar-refractivity contribution is -0.127. The lowest BCUT2D eigenvalue weighted by Gasteiger charge is -2.19. The van der Waals surface area contributed by atoms with Crippen molar-refractivity contribution in [1.29, 1.82) is 0 Å². The molecule has 0 aliphatic carbocycles. The molecule has 0 bridgehead atoms. The van der Waals surface area contributed by atoms with Gasteiger partial charge in [0.25, 0.3) is 0 Å². The topological polar surface area (TPSA) is 81.8 Å². The number of likely N-dealkylation sites (tertiary alicyclic amines) is 2. The molecule has 0 unspecified atom stereocenters. The Bertz CT molecular complexity index is 480. The largest absolute Gasteiger partial charge is 0.355 e. The monoisotopic (exact) mass is 338 g/mol. The first kappa shape index (κ1) is 18.7.